The predicted octanol–water partition coefficient (Wildman–Crippen LogP) is -0.0331. The van der Waals surface area contributed by atoms with Crippen molar-refractivity contribution in [3.8, 4) is 0 Å². The van der Waals surface area contributed by atoms with E-state index in [9.17, 15) is 9.90 Å². The topological polar surface area (TPSA) is 120 Å². The maximum atomic E-state index is 11.2. The number of aromatic nitrogens is 2. The van der Waals surface area contributed by atoms with Crippen molar-refractivity contribution in [2.75, 3.05) is 12.8 Å². The van der Waals surface area contributed by atoms with E-state index in [0.29, 0.717) is 12.8 Å². The minimum Gasteiger partial charge on any atom is -0.393 e. The van der Waals surface area contributed by atoms with Crippen molar-refractivity contribution in [3.63, 3.8) is 0 Å². The van der Waals surface area contributed by atoms with E-state index in [0.717, 1.165) is 6.42 Å². The molecule has 19 heavy (non-hydrogen) atoms. The summed E-state index contributed by atoms with van der Waals surface area (Å²) >= 11 is 0. The summed E-state index contributed by atoms with van der Waals surface area (Å²) in [6, 6.07) is 0.0440. The highest BCUT2D eigenvalue weighted by molar-refractivity contribution is 5.96. The lowest BCUT2D eigenvalue weighted by Crippen LogP contribution is -2.31. The Bertz CT molecular complexity index is 496. The minimum absolute atomic E-state index is 0.0440. The fraction of sp³-hybridized carbons (Fsp3) is 0.583. The molecule has 5 N–H and O–H groups in total. The molecule has 7 heteroatoms. The number of primary amides is 1. The van der Waals surface area contributed by atoms with Gasteiger partial charge in [0, 0.05) is 25.4 Å². The van der Waals surface area contributed by atoms with Crippen molar-refractivity contribution in [1.29, 1.82) is 0 Å². The number of hydrogen-bond acceptors (Lipinski definition) is 5. The van der Waals surface area contributed by atoms with Gasteiger partial charge in [-0.3, -0.25) is 9.48 Å². The molecular weight excluding hydrogens is 246 g/mol. The second-order valence-electron chi connectivity index (χ2n) is 4.88. The molecule has 0 spiro atoms. The number of amides is 1. The second-order valence-corrected chi connectivity index (χ2v) is 4.88. The van der Waals surface area contributed by atoms with Gasteiger partial charge in [-0.15, -0.1) is 0 Å². The molecule has 3 unspecified atom stereocenters. The molecule has 1 saturated carbocycles. The fourth-order valence-corrected chi connectivity index (χ4v) is 2.61. The Labute approximate surface area is 111 Å². The quantitative estimate of drug-likeness (QED) is 0.664. The van der Waals surface area contributed by atoms with Crippen molar-refractivity contribution < 1.29 is 9.90 Å². The number of aliphatic hydroxyl groups excluding tert-OH is 1. The van der Waals surface area contributed by atoms with E-state index >= 15 is 0 Å². The molecule has 0 aromatic carbocycles. The van der Waals surface area contributed by atoms with E-state index < -0.39 is 5.91 Å². The van der Waals surface area contributed by atoms with Gasteiger partial charge in [-0.05, 0) is 19.3 Å². The highest BCUT2D eigenvalue weighted by Crippen LogP contribution is 2.33. The standard InChI is InChI=1S/C12H19N5O2/c1-15-5-7-4-8(18)2-3-10(7)17-6-9(12(14)19)11(13)16-17/h5-8,10,18H,2-4H2,1H3,(H2,13,16)(H2,14,19). The maximum absolute atomic E-state index is 11.2. The van der Waals surface area contributed by atoms with Crippen LogP contribution in [-0.2, 0) is 0 Å². The van der Waals surface area contributed by atoms with Crippen molar-refractivity contribution in [2.24, 2.45) is 16.6 Å². The number of nitrogens with zero attached hydrogens (tertiary/aromatic N) is 3. The summed E-state index contributed by atoms with van der Waals surface area (Å²) in [6.45, 7) is 0. The number of aliphatic hydroxyl groups is 1. The smallest absolute Gasteiger partial charge is 0.254 e. The molecule has 7 nitrogen and oxygen atoms in total. The molecule has 1 aromatic rings. The lowest BCUT2D eigenvalue weighted by Gasteiger charge is -2.31. The van der Waals surface area contributed by atoms with Crippen molar-refractivity contribution >= 4 is 17.9 Å². The van der Waals surface area contributed by atoms with Crippen LogP contribution in [0, 0.1) is 5.92 Å². The summed E-state index contributed by atoms with van der Waals surface area (Å²) in [6.07, 6.45) is 5.17. The molecule has 3 atom stereocenters. The van der Waals surface area contributed by atoms with Gasteiger partial charge < -0.3 is 21.6 Å². The van der Waals surface area contributed by atoms with E-state index in [1.807, 2.05) is 6.21 Å². The van der Waals surface area contributed by atoms with Crippen LogP contribution in [0.3, 0.4) is 0 Å². The third-order valence-corrected chi connectivity index (χ3v) is 3.54. The second kappa shape index (κ2) is 5.40. The Morgan fingerprint density at radius 2 is 2.37 bits per heavy atom. The number of carbonyl (C=O) groups is 1. The van der Waals surface area contributed by atoms with Crippen molar-refractivity contribution in [1.82, 2.24) is 9.78 Å². The summed E-state index contributed by atoms with van der Waals surface area (Å²) < 4.78 is 1.67. The van der Waals surface area contributed by atoms with Crippen LogP contribution in [-0.4, -0.2) is 40.2 Å². The van der Waals surface area contributed by atoms with E-state index in [1.165, 1.54) is 0 Å². The molecule has 0 radical (unpaired) electrons. The van der Waals surface area contributed by atoms with Crippen LogP contribution in [0.25, 0.3) is 0 Å². The van der Waals surface area contributed by atoms with Crippen LogP contribution in [0.15, 0.2) is 11.2 Å². The first-order valence-corrected chi connectivity index (χ1v) is 6.27. The van der Waals surface area contributed by atoms with Gasteiger partial charge in [-0.2, -0.15) is 5.10 Å². The molecule has 104 valence electrons. The first-order valence-electron chi connectivity index (χ1n) is 6.27. The summed E-state index contributed by atoms with van der Waals surface area (Å²) in [5, 5.41) is 13.9. The monoisotopic (exact) mass is 265 g/mol. The van der Waals surface area contributed by atoms with Crippen LogP contribution in [0.5, 0.6) is 0 Å². The highest BCUT2D eigenvalue weighted by atomic mass is 16.3. The maximum Gasteiger partial charge on any atom is 0.254 e. The summed E-state index contributed by atoms with van der Waals surface area (Å²) in [5.41, 5.74) is 11.1. The van der Waals surface area contributed by atoms with Gasteiger partial charge in [0.25, 0.3) is 5.91 Å². The summed E-state index contributed by atoms with van der Waals surface area (Å²) in [7, 11) is 1.70. The van der Waals surface area contributed by atoms with Crippen LogP contribution in [0.4, 0.5) is 5.82 Å². The number of rotatable bonds is 3. The zero-order chi connectivity index (χ0) is 14.0. The van der Waals surface area contributed by atoms with E-state index in [-0.39, 0.29) is 29.4 Å². The molecule has 1 fully saturated rings. The average molecular weight is 265 g/mol. The van der Waals surface area contributed by atoms with Gasteiger partial charge in [0.15, 0.2) is 5.82 Å². The third kappa shape index (κ3) is 2.76. The van der Waals surface area contributed by atoms with Gasteiger partial charge in [-0.25, -0.2) is 0 Å². The molecule has 1 aromatic heterocycles. The van der Waals surface area contributed by atoms with Crippen LogP contribution >= 0.6 is 0 Å². The van der Waals surface area contributed by atoms with Gasteiger partial charge in [0.1, 0.15) is 5.56 Å². The zero-order valence-corrected chi connectivity index (χ0v) is 10.9. The molecule has 1 aliphatic rings. The first-order chi connectivity index (χ1) is 9.02. The molecule has 0 saturated heterocycles. The molecule has 1 heterocycles. The number of carbonyl (C=O) groups excluding carboxylic acids is 1. The Balaban J connectivity index is 2.28. The molecule has 2 rings (SSSR count). The number of nitrogens with two attached hydrogens (primary N) is 2. The predicted molar refractivity (Wildman–Crippen MR) is 72.0 cm³/mol. The van der Waals surface area contributed by atoms with E-state index in [1.54, 1.807) is 17.9 Å². The first kappa shape index (κ1) is 13.5. The van der Waals surface area contributed by atoms with Crippen molar-refractivity contribution in [2.45, 2.75) is 31.4 Å². The minimum atomic E-state index is -0.583. The number of anilines is 1. The van der Waals surface area contributed by atoms with Crippen LogP contribution in [0.2, 0.25) is 0 Å². The Kier molecular flexibility index (Phi) is 3.84. The lowest BCUT2D eigenvalue weighted by atomic mass is 9.83. The largest absolute Gasteiger partial charge is 0.393 e. The molecular formula is C12H19N5O2. The summed E-state index contributed by atoms with van der Waals surface area (Å²) in [4.78, 5) is 15.2. The molecule has 0 bridgehead atoms. The summed E-state index contributed by atoms with van der Waals surface area (Å²) in [5.74, 6) is -0.361. The zero-order valence-electron chi connectivity index (χ0n) is 10.9. The number of hydrogen-bond donors (Lipinski definition) is 3. The SMILES string of the molecule is CN=CC1CC(O)CCC1n1cc(C(N)=O)c(N)n1. The van der Waals surface area contributed by atoms with Gasteiger partial charge >= 0.3 is 0 Å². The number of nitrogen functional groups attached to an aromatic ring is 1. The Morgan fingerprint density at radius 1 is 1.63 bits per heavy atom. The number of aliphatic imine (C=N–C) groups is 1. The molecule has 0 aliphatic heterocycles. The Hall–Kier alpha value is -1.89. The van der Waals surface area contributed by atoms with Gasteiger partial charge in [0.2, 0.25) is 0 Å². The molecule has 1 amide bonds. The van der Waals surface area contributed by atoms with Crippen LogP contribution < -0.4 is 11.5 Å². The Morgan fingerprint density at radius 3 is 2.95 bits per heavy atom. The highest BCUT2D eigenvalue weighted by Gasteiger charge is 2.31. The average Bonchev–Trinajstić information content (AvgIpc) is 2.72. The van der Waals surface area contributed by atoms with E-state index in [2.05, 4.69) is 10.1 Å². The molecule has 1 aliphatic carbocycles. The lowest BCUT2D eigenvalue weighted by molar-refractivity contribution is 0.0907. The van der Waals surface area contributed by atoms with Gasteiger partial charge in [-0.1, -0.05) is 0 Å². The van der Waals surface area contributed by atoms with E-state index in [4.69, 9.17) is 11.5 Å². The normalized spacial score (nSPS) is 27.8. The fourth-order valence-electron chi connectivity index (χ4n) is 2.61. The third-order valence-electron chi connectivity index (χ3n) is 3.54. The van der Waals surface area contributed by atoms with Gasteiger partial charge in [0.05, 0.1) is 12.1 Å². The van der Waals surface area contributed by atoms with Crippen LogP contribution in [0.1, 0.15) is 35.7 Å². The van der Waals surface area contributed by atoms with Crippen molar-refractivity contribution in [3.05, 3.63) is 11.8 Å².